The summed E-state index contributed by atoms with van der Waals surface area (Å²) in [6, 6.07) is 11.0. The topological polar surface area (TPSA) is 106 Å². The molecule has 1 atom stereocenters. The van der Waals surface area contributed by atoms with E-state index in [-0.39, 0.29) is 18.2 Å². The average molecular weight is 274 g/mol. The molecule has 0 aliphatic carbocycles. The van der Waals surface area contributed by atoms with E-state index < -0.39 is 12.0 Å². The standard InChI is InChI=1S/C14H14N2O4/c15-12(9-4-2-1-3-5-9)13(17)16-8-10-6-7-11(20-10)14(18)19/h1-7,12H,8,15H2,(H,16,17)(H,18,19). The predicted octanol–water partition coefficient (Wildman–Crippen LogP) is 1.29. The number of benzene rings is 1. The van der Waals surface area contributed by atoms with Gasteiger partial charge in [-0.15, -0.1) is 0 Å². The fourth-order valence-electron chi connectivity index (χ4n) is 1.68. The Hall–Kier alpha value is -2.60. The second-order valence-corrected chi connectivity index (χ2v) is 4.18. The molecule has 0 radical (unpaired) electrons. The molecular weight excluding hydrogens is 260 g/mol. The van der Waals surface area contributed by atoms with Crippen LogP contribution >= 0.6 is 0 Å². The lowest BCUT2D eigenvalue weighted by atomic mass is 10.1. The third-order valence-corrected chi connectivity index (χ3v) is 2.75. The number of hydrogen-bond acceptors (Lipinski definition) is 4. The summed E-state index contributed by atoms with van der Waals surface area (Å²) >= 11 is 0. The van der Waals surface area contributed by atoms with E-state index in [1.807, 2.05) is 6.07 Å². The Kier molecular flexibility index (Phi) is 4.17. The van der Waals surface area contributed by atoms with Gasteiger partial charge in [-0.3, -0.25) is 4.79 Å². The minimum Gasteiger partial charge on any atom is -0.475 e. The summed E-state index contributed by atoms with van der Waals surface area (Å²) in [6.45, 7) is 0.0899. The lowest BCUT2D eigenvalue weighted by Crippen LogP contribution is -2.33. The molecule has 0 aliphatic heterocycles. The molecule has 1 aromatic carbocycles. The number of nitrogens with one attached hydrogen (secondary N) is 1. The monoisotopic (exact) mass is 274 g/mol. The number of carbonyl (C=O) groups excluding carboxylic acids is 1. The van der Waals surface area contributed by atoms with Gasteiger partial charge in [-0.05, 0) is 17.7 Å². The van der Waals surface area contributed by atoms with Crippen molar-refractivity contribution in [2.75, 3.05) is 0 Å². The number of carboxylic acid groups (broad SMARTS) is 1. The van der Waals surface area contributed by atoms with Crippen LogP contribution < -0.4 is 11.1 Å². The SMILES string of the molecule is NC(C(=O)NCc1ccc(C(=O)O)o1)c1ccccc1. The normalized spacial score (nSPS) is 11.8. The van der Waals surface area contributed by atoms with Crippen LogP contribution in [0.3, 0.4) is 0 Å². The molecule has 0 aliphatic rings. The summed E-state index contributed by atoms with van der Waals surface area (Å²) in [5, 5.41) is 11.3. The number of carboxylic acids is 1. The summed E-state index contributed by atoms with van der Waals surface area (Å²) in [5.74, 6) is -1.31. The van der Waals surface area contributed by atoms with Gasteiger partial charge in [0.15, 0.2) is 0 Å². The third-order valence-electron chi connectivity index (χ3n) is 2.75. The Labute approximate surface area is 115 Å². The Balaban J connectivity index is 1.93. The fourth-order valence-corrected chi connectivity index (χ4v) is 1.68. The van der Waals surface area contributed by atoms with Crippen molar-refractivity contribution in [1.82, 2.24) is 5.32 Å². The van der Waals surface area contributed by atoms with Crippen molar-refractivity contribution >= 4 is 11.9 Å². The smallest absolute Gasteiger partial charge is 0.371 e. The van der Waals surface area contributed by atoms with E-state index >= 15 is 0 Å². The second kappa shape index (κ2) is 6.03. The van der Waals surface area contributed by atoms with Crippen molar-refractivity contribution in [3.63, 3.8) is 0 Å². The van der Waals surface area contributed by atoms with E-state index in [1.54, 1.807) is 24.3 Å². The van der Waals surface area contributed by atoms with Gasteiger partial charge < -0.3 is 20.6 Å². The van der Waals surface area contributed by atoms with E-state index in [1.165, 1.54) is 12.1 Å². The highest BCUT2D eigenvalue weighted by Gasteiger charge is 2.16. The van der Waals surface area contributed by atoms with Crippen LogP contribution in [0.15, 0.2) is 46.9 Å². The number of amides is 1. The van der Waals surface area contributed by atoms with Gasteiger partial charge in [0.1, 0.15) is 11.8 Å². The van der Waals surface area contributed by atoms with Crippen LogP contribution in [0.25, 0.3) is 0 Å². The zero-order valence-electron chi connectivity index (χ0n) is 10.6. The Morgan fingerprint density at radius 2 is 1.90 bits per heavy atom. The van der Waals surface area contributed by atoms with Gasteiger partial charge in [0.05, 0.1) is 6.54 Å². The zero-order valence-corrected chi connectivity index (χ0v) is 10.6. The quantitative estimate of drug-likeness (QED) is 0.762. The average Bonchev–Trinajstić information content (AvgIpc) is 2.94. The largest absolute Gasteiger partial charge is 0.475 e. The molecule has 0 saturated heterocycles. The highest BCUT2D eigenvalue weighted by Crippen LogP contribution is 2.11. The van der Waals surface area contributed by atoms with Crippen LogP contribution in [-0.2, 0) is 11.3 Å². The maximum atomic E-state index is 11.9. The molecule has 0 fully saturated rings. The molecule has 0 saturated carbocycles. The van der Waals surface area contributed by atoms with E-state index in [2.05, 4.69) is 5.32 Å². The van der Waals surface area contributed by atoms with Gasteiger partial charge in [-0.2, -0.15) is 0 Å². The Morgan fingerprint density at radius 1 is 1.20 bits per heavy atom. The van der Waals surface area contributed by atoms with Gasteiger partial charge in [-0.1, -0.05) is 30.3 Å². The lowest BCUT2D eigenvalue weighted by molar-refractivity contribution is -0.122. The predicted molar refractivity (Wildman–Crippen MR) is 70.9 cm³/mol. The lowest BCUT2D eigenvalue weighted by Gasteiger charge is -2.11. The van der Waals surface area contributed by atoms with Gasteiger partial charge >= 0.3 is 5.97 Å². The number of furan rings is 1. The maximum Gasteiger partial charge on any atom is 0.371 e. The number of hydrogen-bond donors (Lipinski definition) is 3. The van der Waals surface area contributed by atoms with E-state index in [9.17, 15) is 9.59 Å². The molecule has 0 bridgehead atoms. The van der Waals surface area contributed by atoms with E-state index in [4.69, 9.17) is 15.3 Å². The van der Waals surface area contributed by atoms with Crippen molar-refractivity contribution in [1.29, 1.82) is 0 Å². The summed E-state index contributed by atoms with van der Waals surface area (Å²) in [4.78, 5) is 22.5. The van der Waals surface area contributed by atoms with Crippen LogP contribution in [-0.4, -0.2) is 17.0 Å². The molecule has 6 nitrogen and oxygen atoms in total. The molecule has 1 amide bonds. The van der Waals surface area contributed by atoms with Crippen LogP contribution in [0.4, 0.5) is 0 Å². The molecule has 4 N–H and O–H groups in total. The van der Waals surface area contributed by atoms with Crippen molar-refractivity contribution in [2.45, 2.75) is 12.6 Å². The molecule has 2 rings (SSSR count). The van der Waals surface area contributed by atoms with E-state index in [0.717, 1.165) is 0 Å². The number of carbonyl (C=O) groups is 2. The van der Waals surface area contributed by atoms with Gasteiger partial charge in [0, 0.05) is 0 Å². The molecule has 1 unspecified atom stereocenters. The van der Waals surface area contributed by atoms with Gasteiger partial charge in [-0.25, -0.2) is 4.79 Å². The summed E-state index contributed by atoms with van der Waals surface area (Å²) in [6.07, 6.45) is 0. The Bertz CT molecular complexity index is 607. The van der Waals surface area contributed by atoms with Gasteiger partial charge in [0.25, 0.3) is 0 Å². The minimum absolute atomic E-state index is 0.0899. The first-order valence-electron chi connectivity index (χ1n) is 5.98. The third kappa shape index (κ3) is 3.24. The molecule has 6 heteroatoms. The summed E-state index contributed by atoms with van der Waals surface area (Å²) in [5.41, 5.74) is 6.52. The van der Waals surface area contributed by atoms with Crippen LogP contribution in [0, 0.1) is 0 Å². The molecule has 104 valence electrons. The highest BCUT2D eigenvalue weighted by molar-refractivity contribution is 5.84. The molecule has 0 spiro atoms. The van der Waals surface area contributed by atoms with Crippen molar-refractivity contribution in [3.8, 4) is 0 Å². The summed E-state index contributed by atoms with van der Waals surface area (Å²) < 4.78 is 5.03. The number of rotatable bonds is 5. The number of aromatic carboxylic acids is 1. The minimum atomic E-state index is -1.15. The van der Waals surface area contributed by atoms with Crippen molar-refractivity contribution in [3.05, 3.63) is 59.5 Å². The molecule has 2 aromatic rings. The fraction of sp³-hybridized carbons (Fsp3) is 0.143. The van der Waals surface area contributed by atoms with E-state index in [0.29, 0.717) is 11.3 Å². The molecule has 1 aromatic heterocycles. The molecule has 1 heterocycles. The molecule has 20 heavy (non-hydrogen) atoms. The number of nitrogens with two attached hydrogens (primary N) is 1. The van der Waals surface area contributed by atoms with Crippen LogP contribution in [0.2, 0.25) is 0 Å². The molecular formula is C14H14N2O4. The maximum absolute atomic E-state index is 11.9. The van der Waals surface area contributed by atoms with Crippen molar-refractivity contribution in [2.24, 2.45) is 5.73 Å². The van der Waals surface area contributed by atoms with Gasteiger partial charge in [0.2, 0.25) is 11.7 Å². The van der Waals surface area contributed by atoms with Crippen LogP contribution in [0.1, 0.15) is 27.9 Å². The first-order chi connectivity index (χ1) is 9.58. The second-order valence-electron chi connectivity index (χ2n) is 4.18. The van der Waals surface area contributed by atoms with Crippen molar-refractivity contribution < 1.29 is 19.1 Å². The summed E-state index contributed by atoms with van der Waals surface area (Å²) in [7, 11) is 0. The highest BCUT2D eigenvalue weighted by atomic mass is 16.4. The Morgan fingerprint density at radius 3 is 2.50 bits per heavy atom. The first-order valence-corrected chi connectivity index (χ1v) is 5.98. The van der Waals surface area contributed by atoms with Crippen LogP contribution in [0.5, 0.6) is 0 Å². The zero-order chi connectivity index (χ0) is 14.5. The first kappa shape index (κ1) is 13.8.